The van der Waals surface area contributed by atoms with Crippen molar-refractivity contribution in [1.82, 2.24) is 4.90 Å². The van der Waals surface area contributed by atoms with Gasteiger partial charge in [-0.15, -0.1) is 0 Å². The zero-order chi connectivity index (χ0) is 21.1. The third-order valence-electron chi connectivity index (χ3n) is 4.53. The van der Waals surface area contributed by atoms with Gasteiger partial charge in [-0.05, 0) is 65.4 Å². The number of nitrogens with one attached hydrogen (secondary N) is 1. The number of thioether (sulfide) groups is 1. The maximum absolute atomic E-state index is 12.7. The molecule has 3 aromatic carbocycles. The molecule has 0 saturated carbocycles. The molecule has 0 aliphatic carbocycles. The van der Waals surface area contributed by atoms with E-state index in [-0.39, 0.29) is 34.1 Å². The molecule has 0 bridgehead atoms. The monoisotopic (exact) mass is 418 g/mol. The van der Waals surface area contributed by atoms with E-state index in [1.54, 1.807) is 6.07 Å². The molecule has 4 rings (SSSR count). The quantitative estimate of drug-likeness (QED) is 0.396. The van der Waals surface area contributed by atoms with Gasteiger partial charge < -0.3 is 15.5 Å². The number of hydrogen-bond donors (Lipinski definition) is 3. The van der Waals surface area contributed by atoms with E-state index in [2.05, 4.69) is 5.32 Å². The van der Waals surface area contributed by atoms with Gasteiger partial charge >= 0.3 is 0 Å². The number of hydrogen-bond acceptors (Lipinski definition) is 6. The number of carbonyl (C=O) groups is 2. The van der Waals surface area contributed by atoms with Crippen LogP contribution in [-0.4, -0.2) is 26.3 Å². The molecule has 3 aromatic rings. The summed E-state index contributed by atoms with van der Waals surface area (Å²) in [6, 6.07) is 21.5. The lowest BCUT2D eigenvalue weighted by molar-refractivity contribution is -0.123. The molecule has 1 fully saturated rings. The van der Waals surface area contributed by atoms with Gasteiger partial charge in [-0.2, -0.15) is 0 Å². The largest absolute Gasteiger partial charge is 0.504 e. The van der Waals surface area contributed by atoms with Gasteiger partial charge in [0.25, 0.3) is 11.1 Å². The van der Waals surface area contributed by atoms with E-state index in [0.717, 1.165) is 28.7 Å². The van der Waals surface area contributed by atoms with Crippen molar-refractivity contribution < 1.29 is 19.8 Å². The Balaban J connectivity index is 1.45. The Morgan fingerprint density at radius 1 is 0.867 bits per heavy atom. The SMILES string of the molecule is O=C1S/C(=C\c2ccc(O)c(O)c2)C(=O)N1Cc1ccc(Nc2ccccc2)cc1. The molecule has 3 N–H and O–H groups in total. The summed E-state index contributed by atoms with van der Waals surface area (Å²) in [7, 11) is 0. The smallest absolute Gasteiger partial charge is 0.293 e. The van der Waals surface area contributed by atoms with Gasteiger partial charge in [0.05, 0.1) is 11.4 Å². The number of para-hydroxylation sites is 1. The van der Waals surface area contributed by atoms with Gasteiger partial charge in [-0.1, -0.05) is 36.4 Å². The van der Waals surface area contributed by atoms with Crippen LogP contribution in [0.2, 0.25) is 0 Å². The highest BCUT2D eigenvalue weighted by atomic mass is 32.2. The molecule has 2 amide bonds. The molecular formula is C23H18N2O4S. The van der Waals surface area contributed by atoms with E-state index < -0.39 is 0 Å². The maximum Gasteiger partial charge on any atom is 0.293 e. The van der Waals surface area contributed by atoms with Crippen molar-refractivity contribution in [1.29, 1.82) is 0 Å². The van der Waals surface area contributed by atoms with Crippen molar-refractivity contribution in [2.75, 3.05) is 5.32 Å². The third kappa shape index (κ3) is 4.31. The summed E-state index contributed by atoms with van der Waals surface area (Å²) < 4.78 is 0. The predicted octanol–water partition coefficient (Wildman–Crippen LogP) is 5.08. The van der Waals surface area contributed by atoms with E-state index in [1.165, 1.54) is 23.1 Å². The number of benzene rings is 3. The van der Waals surface area contributed by atoms with Crippen molar-refractivity contribution >= 4 is 40.4 Å². The zero-order valence-corrected chi connectivity index (χ0v) is 16.6. The Bertz CT molecular complexity index is 1130. The van der Waals surface area contributed by atoms with Gasteiger partial charge in [0.15, 0.2) is 11.5 Å². The molecule has 0 unspecified atom stereocenters. The summed E-state index contributed by atoms with van der Waals surface area (Å²) in [6.07, 6.45) is 1.52. The minimum absolute atomic E-state index is 0.175. The van der Waals surface area contributed by atoms with Crippen LogP contribution in [0.15, 0.2) is 77.7 Å². The van der Waals surface area contributed by atoms with Crippen molar-refractivity contribution in [3.8, 4) is 11.5 Å². The average Bonchev–Trinajstić information content (AvgIpc) is 3.00. The minimum Gasteiger partial charge on any atom is -0.504 e. The molecule has 6 nitrogen and oxygen atoms in total. The van der Waals surface area contributed by atoms with E-state index >= 15 is 0 Å². The number of rotatable bonds is 5. The number of carbonyl (C=O) groups excluding carboxylic acids is 2. The normalized spacial score (nSPS) is 15.1. The Kier molecular flexibility index (Phi) is 5.45. The lowest BCUT2D eigenvalue weighted by atomic mass is 10.1. The van der Waals surface area contributed by atoms with E-state index in [1.807, 2.05) is 54.6 Å². The predicted molar refractivity (Wildman–Crippen MR) is 117 cm³/mol. The Hall–Kier alpha value is -3.71. The van der Waals surface area contributed by atoms with Gasteiger partial charge in [0, 0.05) is 11.4 Å². The molecule has 7 heteroatoms. The fourth-order valence-electron chi connectivity index (χ4n) is 2.98. The molecule has 0 spiro atoms. The van der Waals surface area contributed by atoms with Crippen LogP contribution >= 0.6 is 11.8 Å². The summed E-state index contributed by atoms with van der Waals surface area (Å²) in [5, 5.41) is 21.9. The third-order valence-corrected chi connectivity index (χ3v) is 5.44. The van der Waals surface area contributed by atoms with Crippen LogP contribution < -0.4 is 5.32 Å². The molecule has 1 aliphatic heterocycles. The Morgan fingerprint density at radius 2 is 1.57 bits per heavy atom. The number of nitrogens with zero attached hydrogens (tertiary/aromatic N) is 1. The first-order valence-electron chi connectivity index (χ1n) is 9.18. The summed E-state index contributed by atoms with van der Waals surface area (Å²) in [4.78, 5) is 26.5. The van der Waals surface area contributed by atoms with Crippen molar-refractivity contribution in [2.45, 2.75) is 6.54 Å². The highest BCUT2D eigenvalue weighted by Crippen LogP contribution is 2.34. The molecule has 0 radical (unpaired) electrons. The Morgan fingerprint density at radius 3 is 2.27 bits per heavy atom. The standard InChI is InChI=1S/C23H18N2O4S/c26-19-11-8-16(12-20(19)27)13-21-22(28)25(23(29)30-21)14-15-6-9-18(10-7-15)24-17-4-2-1-3-5-17/h1-13,24,26-27H,14H2/b21-13-. The first-order chi connectivity index (χ1) is 14.5. The van der Waals surface area contributed by atoms with Crippen LogP contribution in [0.1, 0.15) is 11.1 Å². The van der Waals surface area contributed by atoms with Crippen molar-refractivity contribution in [2.24, 2.45) is 0 Å². The lowest BCUT2D eigenvalue weighted by Crippen LogP contribution is -2.27. The molecule has 0 atom stereocenters. The summed E-state index contributed by atoms with van der Waals surface area (Å²) in [6.45, 7) is 0.175. The van der Waals surface area contributed by atoms with E-state index in [4.69, 9.17) is 0 Å². The van der Waals surface area contributed by atoms with Crippen LogP contribution in [0.25, 0.3) is 6.08 Å². The summed E-state index contributed by atoms with van der Waals surface area (Å²) in [5.41, 5.74) is 3.24. The second-order valence-corrected chi connectivity index (χ2v) is 7.70. The highest BCUT2D eigenvalue weighted by Gasteiger charge is 2.35. The second-order valence-electron chi connectivity index (χ2n) is 6.70. The molecular weight excluding hydrogens is 400 g/mol. The topological polar surface area (TPSA) is 89.9 Å². The first-order valence-corrected chi connectivity index (χ1v) is 9.99. The molecule has 1 heterocycles. The summed E-state index contributed by atoms with van der Waals surface area (Å²) >= 11 is 0.853. The van der Waals surface area contributed by atoms with Gasteiger partial charge in [-0.25, -0.2) is 0 Å². The van der Waals surface area contributed by atoms with Crippen LogP contribution in [-0.2, 0) is 11.3 Å². The van der Waals surface area contributed by atoms with E-state index in [9.17, 15) is 19.8 Å². The van der Waals surface area contributed by atoms with Crippen LogP contribution in [0, 0.1) is 0 Å². The van der Waals surface area contributed by atoms with Crippen molar-refractivity contribution in [3.63, 3.8) is 0 Å². The van der Waals surface area contributed by atoms with E-state index in [0.29, 0.717) is 5.56 Å². The molecule has 1 aliphatic rings. The van der Waals surface area contributed by atoms with Gasteiger partial charge in [0.1, 0.15) is 0 Å². The zero-order valence-electron chi connectivity index (χ0n) is 15.8. The highest BCUT2D eigenvalue weighted by molar-refractivity contribution is 8.18. The van der Waals surface area contributed by atoms with Gasteiger partial charge in [-0.3, -0.25) is 14.5 Å². The fourth-order valence-corrected chi connectivity index (χ4v) is 3.82. The molecule has 0 aromatic heterocycles. The van der Waals surface area contributed by atoms with Crippen molar-refractivity contribution in [3.05, 3.63) is 88.8 Å². The molecule has 30 heavy (non-hydrogen) atoms. The maximum atomic E-state index is 12.7. The number of anilines is 2. The second kappa shape index (κ2) is 8.34. The fraction of sp³-hybridized carbons (Fsp3) is 0.0435. The average molecular weight is 418 g/mol. The number of amides is 2. The molecule has 1 saturated heterocycles. The first kappa shape index (κ1) is 19.6. The van der Waals surface area contributed by atoms with Crippen LogP contribution in [0.5, 0.6) is 11.5 Å². The number of phenolic OH excluding ortho intramolecular Hbond substituents is 2. The number of phenols is 2. The lowest BCUT2D eigenvalue weighted by Gasteiger charge is -2.13. The van der Waals surface area contributed by atoms with Gasteiger partial charge in [0.2, 0.25) is 0 Å². The van der Waals surface area contributed by atoms with Crippen LogP contribution in [0.4, 0.5) is 16.2 Å². The molecule has 150 valence electrons. The minimum atomic E-state index is -0.385. The number of imide groups is 1. The summed E-state index contributed by atoms with van der Waals surface area (Å²) in [5.74, 6) is -0.915. The Labute approximate surface area is 177 Å². The van der Waals surface area contributed by atoms with Crippen LogP contribution in [0.3, 0.4) is 0 Å². The number of aromatic hydroxyl groups is 2.